The minimum Gasteiger partial charge on any atom is -0.473 e. The van der Waals surface area contributed by atoms with Crippen molar-refractivity contribution in [3.63, 3.8) is 0 Å². The smallest absolute Gasteiger partial charge is 0.240 e. The Labute approximate surface area is 93.0 Å². The van der Waals surface area contributed by atoms with Crippen molar-refractivity contribution in [3.05, 3.63) is 11.2 Å². The average molecular weight is 229 g/mol. The second-order valence-corrected chi connectivity index (χ2v) is 3.92. The molecule has 15 heavy (non-hydrogen) atoms. The Morgan fingerprint density at radius 1 is 1.47 bits per heavy atom. The molecule has 5 nitrogen and oxygen atoms in total. The molecule has 3 N–H and O–H groups in total. The largest absolute Gasteiger partial charge is 0.473 e. The number of hydrogen-bond acceptors (Lipinski definition) is 5. The van der Waals surface area contributed by atoms with Crippen LogP contribution in [0, 0.1) is 0 Å². The van der Waals surface area contributed by atoms with E-state index < -0.39 is 0 Å². The van der Waals surface area contributed by atoms with Gasteiger partial charge in [-0.3, -0.25) is 5.43 Å². The van der Waals surface area contributed by atoms with Crippen LogP contribution in [0.25, 0.3) is 0 Å². The quantitative estimate of drug-likeness (QED) is 0.609. The van der Waals surface area contributed by atoms with Crippen molar-refractivity contribution in [2.24, 2.45) is 5.84 Å². The third kappa shape index (κ3) is 2.49. The molecule has 0 amide bonds. The maximum atomic E-state index is 5.91. The van der Waals surface area contributed by atoms with Gasteiger partial charge in [-0.15, -0.1) is 0 Å². The average Bonchev–Trinajstić information content (AvgIpc) is 2.74. The predicted molar refractivity (Wildman–Crippen MR) is 57.7 cm³/mol. The summed E-state index contributed by atoms with van der Waals surface area (Å²) in [6, 6.07) is 0. The van der Waals surface area contributed by atoms with E-state index >= 15 is 0 Å². The van der Waals surface area contributed by atoms with Crippen LogP contribution in [0.2, 0.25) is 5.02 Å². The highest BCUT2D eigenvalue weighted by Gasteiger charge is 2.18. The third-order valence-corrected chi connectivity index (χ3v) is 2.68. The summed E-state index contributed by atoms with van der Waals surface area (Å²) >= 11 is 5.91. The Balaban J connectivity index is 2.11. The van der Waals surface area contributed by atoms with E-state index in [1.165, 1.54) is 19.0 Å². The summed E-state index contributed by atoms with van der Waals surface area (Å²) in [5, 5.41) is 0.418. The molecule has 1 aromatic rings. The Bertz CT molecular complexity index is 341. The summed E-state index contributed by atoms with van der Waals surface area (Å²) in [5.74, 6) is 5.92. The van der Waals surface area contributed by atoms with Gasteiger partial charge in [0, 0.05) is 0 Å². The summed E-state index contributed by atoms with van der Waals surface area (Å²) in [6.07, 6.45) is 6.24. The first-order chi connectivity index (χ1) is 7.29. The Hall–Kier alpha value is -1.07. The number of anilines is 1. The molecule has 0 saturated heterocycles. The number of hydrogen-bond donors (Lipinski definition) is 2. The SMILES string of the molecule is NNc1ncc(Cl)c(OC2CCCC2)n1. The molecule has 1 saturated carbocycles. The molecule has 1 aliphatic rings. The Kier molecular flexibility index (Phi) is 3.23. The van der Waals surface area contributed by atoms with Crippen LogP contribution in [-0.2, 0) is 0 Å². The van der Waals surface area contributed by atoms with Gasteiger partial charge in [-0.25, -0.2) is 10.8 Å². The molecule has 1 aromatic heterocycles. The van der Waals surface area contributed by atoms with Crippen LogP contribution in [0.15, 0.2) is 6.20 Å². The molecule has 0 atom stereocenters. The molecule has 1 aliphatic carbocycles. The van der Waals surface area contributed by atoms with Crippen LogP contribution in [0.5, 0.6) is 5.88 Å². The Morgan fingerprint density at radius 2 is 2.20 bits per heavy atom. The number of nitrogen functional groups attached to an aromatic ring is 1. The number of nitrogens with zero attached hydrogens (tertiary/aromatic N) is 2. The zero-order valence-corrected chi connectivity index (χ0v) is 9.00. The zero-order chi connectivity index (χ0) is 10.7. The summed E-state index contributed by atoms with van der Waals surface area (Å²) < 4.78 is 5.67. The maximum Gasteiger partial charge on any atom is 0.240 e. The van der Waals surface area contributed by atoms with Gasteiger partial charge in [-0.05, 0) is 25.7 Å². The van der Waals surface area contributed by atoms with E-state index in [9.17, 15) is 0 Å². The van der Waals surface area contributed by atoms with Gasteiger partial charge in [0.05, 0.1) is 6.20 Å². The van der Waals surface area contributed by atoms with Crippen molar-refractivity contribution < 1.29 is 4.74 Å². The Morgan fingerprint density at radius 3 is 2.87 bits per heavy atom. The molecule has 2 rings (SSSR count). The standard InChI is InChI=1S/C9H13ClN4O/c10-7-5-12-9(14-11)13-8(7)15-6-3-1-2-4-6/h5-6H,1-4,11H2,(H,12,13,14). The van der Waals surface area contributed by atoms with Crippen molar-refractivity contribution in [2.45, 2.75) is 31.8 Å². The lowest BCUT2D eigenvalue weighted by Crippen LogP contribution is -2.15. The lowest BCUT2D eigenvalue weighted by molar-refractivity contribution is 0.201. The van der Waals surface area contributed by atoms with Gasteiger partial charge in [0.2, 0.25) is 11.8 Å². The first-order valence-electron chi connectivity index (χ1n) is 4.95. The number of rotatable bonds is 3. The molecular formula is C9H13ClN4O. The van der Waals surface area contributed by atoms with Crippen LogP contribution < -0.4 is 16.0 Å². The molecule has 0 radical (unpaired) electrons. The van der Waals surface area contributed by atoms with Crippen LogP contribution in [0.3, 0.4) is 0 Å². The second kappa shape index (κ2) is 4.63. The van der Waals surface area contributed by atoms with E-state index in [1.54, 1.807) is 0 Å². The number of nitrogens with one attached hydrogen (secondary N) is 1. The molecule has 1 fully saturated rings. The normalized spacial score (nSPS) is 16.7. The topological polar surface area (TPSA) is 73.1 Å². The summed E-state index contributed by atoms with van der Waals surface area (Å²) in [5.41, 5.74) is 2.36. The van der Waals surface area contributed by atoms with Gasteiger partial charge in [0.25, 0.3) is 0 Å². The maximum absolute atomic E-state index is 5.91. The highest BCUT2D eigenvalue weighted by Crippen LogP contribution is 2.27. The van der Waals surface area contributed by atoms with Crippen molar-refractivity contribution in [3.8, 4) is 5.88 Å². The molecule has 0 aliphatic heterocycles. The van der Waals surface area contributed by atoms with Crippen molar-refractivity contribution >= 4 is 17.5 Å². The van der Waals surface area contributed by atoms with E-state index in [0.29, 0.717) is 16.9 Å². The number of halogens is 1. The number of nitrogens with two attached hydrogens (primary N) is 1. The monoisotopic (exact) mass is 228 g/mol. The van der Waals surface area contributed by atoms with Crippen molar-refractivity contribution in [1.29, 1.82) is 0 Å². The third-order valence-electron chi connectivity index (χ3n) is 2.42. The van der Waals surface area contributed by atoms with Gasteiger partial charge >= 0.3 is 0 Å². The molecular weight excluding hydrogens is 216 g/mol. The van der Waals surface area contributed by atoms with Crippen molar-refractivity contribution in [1.82, 2.24) is 9.97 Å². The van der Waals surface area contributed by atoms with E-state index in [0.717, 1.165) is 12.8 Å². The van der Waals surface area contributed by atoms with Gasteiger partial charge in [0.15, 0.2) is 0 Å². The van der Waals surface area contributed by atoms with Gasteiger partial charge in [-0.1, -0.05) is 11.6 Å². The lowest BCUT2D eigenvalue weighted by atomic mass is 10.3. The minimum atomic E-state index is 0.225. The summed E-state index contributed by atoms with van der Waals surface area (Å²) in [4.78, 5) is 7.93. The molecule has 0 spiro atoms. The van der Waals surface area contributed by atoms with Crippen LogP contribution in [0.1, 0.15) is 25.7 Å². The molecule has 82 valence electrons. The minimum absolute atomic E-state index is 0.225. The van der Waals surface area contributed by atoms with Crippen molar-refractivity contribution in [2.75, 3.05) is 5.43 Å². The van der Waals surface area contributed by atoms with E-state index in [-0.39, 0.29) is 6.10 Å². The fourth-order valence-electron chi connectivity index (χ4n) is 1.67. The second-order valence-electron chi connectivity index (χ2n) is 3.52. The van der Waals surface area contributed by atoms with Crippen LogP contribution in [-0.4, -0.2) is 16.1 Å². The van der Waals surface area contributed by atoms with Crippen LogP contribution >= 0.6 is 11.6 Å². The summed E-state index contributed by atoms with van der Waals surface area (Å²) in [7, 11) is 0. The van der Waals surface area contributed by atoms with Gasteiger partial charge in [0.1, 0.15) is 11.1 Å². The first-order valence-corrected chi connectivity index (χ1v) is 5.33. The first kappa shape index (κ1) is 10.4. The van der Waals surface area contributed by atoms with E-state index in [2.05, 4.69) is 15.4 Å². The highest BCUT2D eigenvalue weighted by atomic mass is 35.5. The molecule has 0 bridgehead atoms. The number of ether oxygens (including phenoxy) is 1. The fraction of sp³-hybridized carbons (Fsp3) is 0.556. The van der Waals surface area contributed by atoms with E-state index in [4.69, 9.17) is 22.2 Å². The fourth-order valence-corrected chi connectivity index (χ4v) is 1.80. The predicted octanol–water partition coefficient (Wildman–Crippen LogP) is 1.74. The lowest BCUT2D eigenvalue weighted by Gasteiger charge is -2.13. The summed E-state index contributed by atoms with van der Waals surface area (Å²) in [6.45, 7) is 0. The highest BCUT2D eigenvalue weighted by molar-refractivity contribution is 6.31. The molecule has 0 unspecified atom stereocenters. The number of aromatic nitrogens is 2. The van der Waals surface area contributed by atoms with Gasteiger partial charge < -0.3 is 4.74 Å². The molecule has 6 heteroatoms. The number of hydrazine groups is 1. The van der Waals surface area contributed by atoms with E-state index in [1.807, 2.05) is 0 Å². The molecule has 1 heterocycles. The molecule has 0 aromatic carbocycles. The van der Waals surface area contributed by atoms with Crippen LogP contribution in [0.4, 0.5) is 5.95 Å². The van der Waals surface area contributed by atoms with Gasteiger partial charge in [-0.2, -0.15) is 4.98 Å². The zero-order valence-electron chi connectivity index (χ0n) is 8.24.